The lowest BCUT2D eigenvalue weighted by molar-refractivity contribution is -0.0548. The number of carboxylic acids is 1. The zero-order valence-electron chi connectivity index (χ0n) is 68.7. The van der Waals surface area contributed by atoms with Gasteiger partial charge in [-0.05, 0) is 159 Å². The summed E-state index contributed by atoms with van der Waals surface area (Å²) in [6, 6.07) is 26.8. The van der Waals surface area contributed by atoms with Crippen LogP contribution in [0.2, 0.25) is 36.1 Å². The highest BCUT2D eigenvalue weighted by Gasteiger charge is 2.34. The van der Waals surface area contributed by atoms with Gasteiger partial charge in [0.2, 0.25) is 6.29 Å². The summed E-state index contributed by atoms with van der Waals surface area (Å²) in [5.41, 5.74) is 18.8. The molecular weight excluding hydrogens is 1770 g/mol. The Kier molecular flexibility index (Phi) is 34.0. The van der Waals surface area contributed by atoms with Gasteiger partial charge in [0.05, 0.1) is 80.0 Å². The highest BCUT2D eigenvalue weighted by Crippen LogP contribution is 2.37. The molecule has 2 fully saturated rings. The van der Waals surface area contributed by atoms with Crippen LogP contribution in [0.15, 0.2) is 143 Å². The van der Waals surface area contributed by atoms with E-state index in [-0.39, 0.29) is 102 Å². The van der Waals surface area contributed by atoms with Crippen LogP contribution in [0.3, 0.4) is 0 Å². The Morgan fingerprint density at radius 3 is 1.45 bits per heavy atom. The first-order chi connectivity index (χ1) is 59.4. The second kappa shape index (κ2) is 43.7. The molecule has 3 aromatic carbocycles. The van der Waals surface area contributed by atoms with E-state index in [1.165, 1.54) is 41.4 Å². The number of benzene rings is 3. The number of aryl methyl sites for hydroxylation is 3. The van der Waals surface area contributed by atoms with Gasteiger partial charge in [0, 0.05) is 74.6 Å². The van der Waals surface area contributed by atoms with Crippen molar-refractivity contribution < 1.29 is 43.6 Å². The third-order valence-corrected chi connectivity index (χ3v) is 20.8. The maximum Gasteiger partial charge on any atom is 0.407 e. The van der Waals surface area contributed by atoms with Gasteiger partial charge < -0.3 is 77.4 Å². The number of hydrogen-bond donors (Lipinski definition) is 17. The van der Waals surface area contributed by atoms with Crippen molar-refractivity contribution in [2.45, 2.75) is 163 Å². The lowest BCUT2D eigenvalue weighted by atomic mass is 9.90. The number of carbonyl (C=O) groups excluding carboxylic acids is 3. The van der Waals surface area contributed by atoms with Crippen molar-refractivity contribution in [2.24, 2.45) is 17.4 Å². The van der Waals surface area contributed by atoms with E-state index in [1.54, 1.807) is 18.5 Å². The number of nitrogens with one attached hydrogen (secondary N) is 11. The SMILES string of the molecule is C.CC(C)(C)OC(=O)N[C@H]1CCCC[C@H]1N.Cc1c[nH]c2c(N)cccc12.Cc1c[nH]c2c(Nc3nc(Cl)cc4cn[nH]c(=O)c34)cccc12.Cc1c[nH]c2c(Nc3nc(N[C@@H]4CCCC[C@@H]4NC(=O)OC(C)(C)C)cc4cn[nH]c(=O)c34)cccc12.NN.O=C(O)c1ccc(Cl)nc1Cl.O=C1OC(O)c2cc(Cl)nc(Cl)c21.O=c1[nH]ncc2cc(Cl)nc(Cl)c12. The number of halogens is 7. The molecule has 3 aliphatic rings. The highest BCUT2D eigenvalue weighted by molar-refractivity contribution is 6.37. The molecule has 0 bridgehead atoms. The molecule has 17 rings (SSSR count). The number of carboxylic acid groups (broad SMARTS) is 1. The zero-order chi connectivity index (χ0) is 90.9. The van der Waals surface area contributed by atoms with E-state index in [9.17, 15) is 38.7 Å². The number of aromatic carboxylic acids is 1. The molecule has 1 aliphatic heterocycles. The molecule has 2 amide bonds. The van der Waals surface area contributed by atoms with Gasteiger partial charge in [-0.15, -0.1) is 0 Å². The molecular formula is C84H94Cl7N23O12. The number of carbonyl (C=O) groups is 4. The molecule has 35 nitrogen and oxygen atoms in total. The van der Waals surface area contributed by atoms with E-state index in [1.807, 2.05) is 129 Å². The van der Waals surface area contributed by atoms with Crippen LogP contribution < -0.4 is 66.4 Å². The minimum Gasteiger partial charge on any atom is -0.478 e. The third kappa shape index (κ3) is 25.6. The predicted molar refractivity (Wildman–Crippen MR) is 495 cm³/mol. The fourth-order valence-corrected chi connectivity index (χ4v) is 15.2. The molecule has 0 saturated heterocycles. The number of nitrogen functional groups attached to an aromatic ring is 1. The summed E-state index contributed by atoms with van der Waals surface area (Å²) in [6.45, 7) is 17.3. The number of cyclic esters (lactones) is 1. The number of para-hydroxylation sites is 3. The maximum atomic E-state index is 12.8. The minimum absolute atomic E-state index is 0. The predicted octanol–water partition coefficient (Wildman–Crippen LogP) is 17.2. The molecule has 2 aliphatic carbocycles. The summed E-state index contributed by atoms with van der Waals surface area (Å²) in [6.07, 6.45) is 16.4. The van der Waals surface area contributed by atoms with Gasteiger partial charge in [-0.3, -0.25) is 26.1 Å². The number of nitrogens with two attached hydrogens (primary N) is 4. The summed E-state index contributed by atoms with van der Waals surface area (Å²) in [4.78, 5) is 111. The van der Waals surface area contributed by atoms with Crippen molar-refractivity contribution in [1.29, 1.82) is 0 Å². The number of ether oxygens (including phenoxy) is 3. The molecule has 11 aromatic heterocycles. The van der Waals surface area contributed by atoms with Crippen LogP contribution in [0.5, 0.6) is 0 Å². The largest absolute Gasteiger partial charge is 0.478 e. The second-order valence-electron chi connectivity index (χ2n) is 30.5. The fraction of sp³-hybridized carbons (Fsp3) is 0.298. The van der Waals surface area contributed by atoms with Gasteiger partial charge in [-0.2, -0.15) is 15.3 Å². The Morgan fingerprint density at radius 2 is 0.944 bits per heavy atom. The summed E-state index contributed by atoms with van der Waals surface area (Å²) in [5, 5.41) is 59.5. The van der Waals surface area contributed by atoms with Gasteiger partial charge in [0.15, 0.2) is 0 Å². The van der Waals surface area contributed by atoms with E-state index in [4.69, 9.17) is 112 Å². The van der Waals surface area contributed by atoms with Gasteiger partial charge >= 0.3 is 24.1 Å². The molecule has 21 N–H and O–H groups in total. The number of nitrogens with zero attached hydrogens (tertiary/aromatic N) is 8. The van der Waals surface area contributed by atoms with Crippen LogP contribution in [0.4, 0.5) is 44.1 Å². The number of pyridine rings is 5. The van der Waals surface area contributed by atoms with Crippen LogP contribution in [-0.2, 0) is 14.2 Å². The first-order valence-electron chi connectivity index (χ1n) is 38.6. The summed E-state index contributed by atoms with van der Waals surface area (Å²) >= 11 is 39.5. The lowest BCUT2D eigenvalue weighted by Gasteiger charge is -2.33. The van der Waals surface area contributed by atoms with E-state index >= 15 is 0 Å². The number of hydrazine groups is 1. The minimum atomic E-state index is -1.29. The Hall–Kier alpha value is -12.0. The Morgan fingerprint density at radius 1 is 0.516 bits per heavy atom. The molecule has 2 saturated carbocycles. The molecule has 42 heteroatoms. The number of H-pyrrole nitrogens is 6. The average Bonchev–Trinajstić information content (AvgIpc) is 1.79. The topological polar surface area (TPSA) is 550 Å². The average molecular weight is 1870 g/mol. The molecule has 666 valence electrons. The summed E-state index contributed by atoms with van der Waals surface area (Å²) < 4.78 is 15.2. The first-order valence-corrected chi connectivity index (χ1v) is 41.3. The first kappa shape index (κ1) is 97.8. The van der Waals surface area contributed by atoms with Gasteiger partial charge in [-0.25, -0.2) is 59.4 Å². The molecule has 14 aromatic rings. The maximum absolute atomic E-state index is 12.8. The Bertz CT molecular complexity index is 6430. The number of hydrogen-bond acceptors (Lipinski definition) is 26. The van der Waals surface area contributed by atoms with Crippen LogP contribution >= 0.6 is 81.2 Å². The number of aromatic amines is 6. The smallest absolute Gasteiger partial charge is 0.407 e. The highest BCUT2D eigenvalue weighted by atomic mass is 35.5. The Balaban J connectivity index is 0.000000175. The monoisotopic (exact) mass is 1860 g/mol. The number of rotatable bonds is 9. The second-order valence-corrected chi connectivity index (χ2v) is 33.1. The standard InChI is InChI=1S/C27H33N7O3.C16H12ClN5O.C11H22N2O2.C9H10N2.C7H3Cl2N3O.C7H3Cl2NO3.C6H3Cl2NO2.CH4.H4N2/c1-15-13-28-23-17(15)8-7-11-20(23)31-24-22-16(14-29-34-25(22)35)12-21(33-24)30-18-9-5-6-10-19(18)32-26(36)37-27(2,3)4;1-8-6-18-14-10(8)3-2-4-11(14)20-15-13-9(5-12(17)21-15)7-19-22-16(13)23;1-11(2,3)15-10(14)13-9-7-5-4-6-8(9)12;1-6-5-11-9-7(6)3-2-4-8(9)10;8-4-1-3-2-10-12-7(13)5(3)6(9)11-4;8-3-1-2-4(5(9)10-3)7(12)13-6(2)11;7-4-2-1-3(6(10)11)5(8)9-4;;1-2/h7-8,11-14,18-19,28H,5-6,9-10H2,1-4H3,(H,32,36)(H,34,35)(H2,30,31,33);2-7,18H,1H3,(H,20,21)(H,22,23);8-9H,4-7,12H2,1-3H3,(H,13,14);2-5,11H,10H2,1H3;1-2H,(H,12,13);1,6,11H;1-2H,(H,10,11);1H4;1-2H2/t18-,19+;;8-,9+;;;;;;/m1.1....../s1. The van der Waals surface area contributed by atoms with Crippen molar-refractivity contribution in [3.8, 4) is 0 Å². The van der Waals surface area contributed by atoms with Crippen molar-refractivity contribution in [3.05, 3.63) is 229 Å². The van der Waals surface area contributed by atoms with Crippen LogP contribution in [0.25, 0.3) is 65.0 Å². The van der Waals surface area contributed by atoms with Crippen LogP contribution in [-0.4, -0.2) is 140 Å². The quantitative estimate of drug-likeness (QED) is 0.0159. The van der Waals surface area contributed by atoms with Crippen molar-refractivity contribution in [2.75, 3.05) is 21.7 Å². The molecule has 0 spiro atoms. The molecule has 126 heavy (non-hydrogen) atoms. The molecule has 5 atom stereocenters. The lowest BCUT2D eigenvalue weighted by Crippen LogP contribution is -2.50. The number of anilines is 6. The van der Waals surface area contributed by atoms with E-state index in [0.29, 0.717) is 54.9 Å². The molecule has 1 unspecified atom stereocenters. The molecule has 12 heterocycles. The normalized spacial score (nSPS) is 15.6. The number of aliphatic hydroxyl groups excluding tert-OH is 1. The van der Waals surface area contributed by atoms with Crippen LogP contribution in [0, 0.1) is 20.8 Å². The van der Waals surface area contributed by atoms with Crippen molar-refractivity contribution in [1.82, 2.24) is 81.1 Å². The number of amides is 2. The van der Waals surface area contributed by atoms with Crippen molar-refractivity contribution in [3.63, 3.8) is 0 Å². The van der Waals surface area contributed by atoms with Gasteiger partial charge in [-0.1, -0.05) is 151 Å². The number of aliphatic hydroxyl groups is 1. The number of aromatic nitrogens is 14. The Labute approximate surface area is 755 Å². The van der Waals surface area contributed by atoms with E-state index < -0.39 is 35.5 Å². The van der Waals surface area contributed by atoms with Gasteiger partial charge in [0.1, 0.15) is 70.3 Å². The number of alkyl carbamates (subject to hydrolysis) is 2. The van der Waals surface area contributed by atoms with Crippen LogP contribution in [0.1, 0.15) is 150 Å². The fourth-order valence-electron chi connectivity index (χ4n) is 13.5. The summed E-state index contributed by atoms with van der Waals surface area (Å²) in [5.74, 6) is 7.63. The van der Waals surface area contributed by atoms with E-state index in [2.05, 4.69) is 121 Å². The van der Waals surface area contributed by atoms with E-state index in [0.717, 1.165) is 107 Å². The molecule has 0 radical (unpaired) electrons. The third-order valence-electron chi connectivity index (χ3n) is 19.2. The van der Waals surface area contributed by atoms with Crippen molar-refractivity contribution >= 4 is 205 Å². The van der Waals surface area contributed by atoms with Gasteiger partial charge in [0.25, 0.3) is 16.7 Å². The number of fused-ring (bicyclic) bond motifs is 7. The summed E-state index contributed by atoms with van der Waals surface area (Å²) in [7, 11) is 0. The zero-order valence-corrected chi connectivity index (χ0v) is 74.0. The number of esters is 1.